The van der Waals surface area contributed by atoms with E-state index >= 15 is 0 Å². The van der Waals surface area contributed by atoms with Gasteiger partial charge in [-0.25, -0.2) is 14.4 Å². The van der Waals surface area contributed by atoms with Crippen LogP contribution in [0.2, 0.25) is 0 Å². The summed E-state index contributed by atoms with van der Waals surface area (Å²) in [4.78, 5) is 8.44. The van der Waals surface area contributed by atoms with Crippen LogP contribution in [0, 0.1) is 11.2 Å². The van der Waals surface area contributed by atoms with Crippen molar-refractivity contribution in [2.24, 2.45) is 5.73 Å². The number of halogens is 2. The highest BCUT2D eigenvalue weighted by molar-refractivity contribution is 5.95. The van der Waals surface area contributed by atoms with Gasteiger partial charge in [-0.1, -0.05) is 19.4 Å². The van der Waals surface area contributed by atoms with Crippen molar-refractivity contribution in [3.05, 3.63) is 47.5 Å². The quantitative estimate of drug-likeness (QED) is 0.672. The largest absolute Gasteiger partial charge is 0.384 e. The molecule has 3 N–H and O–H groups in total. The van der Waals surface area contributed by atoms with Crippen LogP contribution in [0.25, 0.3) is 11.4 Å². The summed E-state index contributed by atoms with van der Waals surface area (Å²) in [6.45, 7) is 2.09. The Morgan fingerprint density at radius 1 is 1.30 bits per heavy atom. The zero-order chi connectivity index (χ0) is 13.8. The summed E-state index contributed by atoms with van der Waals surface area (Å²) in [7, 11) is 0. The van der Waals surface area contributed by atoms with Gasteiger partial charge in [0.25, 0.3) is 0 Å². The van der Waals surface area contributed by atoms with Crippen LogP contribution >= 0.6 is 12.4 Å². The average molecular weight is 295 g/mol. The number of amidine groups is 1. The van der Waals surface area contributed by atoms with Gasteiger partial charge in [-0.3, -0.25) is 5.41 Å². The fraction of sp³-hybridized carbons (Fsp3) is 0.214. The molecule has 0 unspecified atom stereocenters. The Balaban J connectivity index is 0.00000200. The molecule has 1 aromatic carbocycles. The summed E-state index contributed by atoms with van der Waals surface area (Å²) >= 11 is 0. The molecule has 6 heteroatoms. The predicted molar refractivity (Wildman–Crippen MR) is 79.7 cm³/mol. The molecule has 106 valence electrons. The van der Waals surface area contributed by atoms with Crippen LogP contribution in [0.4, 0.5) is 4.39 Å². The standard InChI is InChI=1S/C14H15FN4.ClH/c1-2-3-9-7-18-14(19-8-9)10-4-5-11(13(16)17)12(15)6-10;/h4-8H,2-3H2,1H3,(H3,16,17);1H. The van der Waals surface area contributed by atoms with E-state index in [0.717, 1.165) is 18.4 Å². The molecule has 0 aliphatic heterocycles. The first-order chi connectivity index (χ1) is 9.11. The number of nitrogens with zero attached hydrogens (tertiary/aromatic N) is 2. The van der Waals surface area contributed by atoms with E-state index in [9.17, 15) is 4.39 Å². The van der Waals surface area contributed by atoms with E-state index < -0.39 is 5.82 Å². The number of aryl methyl sites for hydroxylation is 1. The molecule has 0 atom stereocenters. The molecule has 0 aliphatic rings. The Hall–Kier alpha value is -2.01. The van der Waals surface area contributed by atoms with Gasteiger partial charge in [0.2, 0.25) is 0 Å². The average Bonchev–Trinajstić information content (AvgIpc) is 2.39. The molecule has 0 fully saturated rings. The lowest BCUT2D eigenvalue weighted by atomic mass is 10.1. The molecule has 0 bridgehead atoms. The van der Waals surface area contributed by atoms with Crippen molar-refractivity contribution in [2.45, 2.75) is 19.8 Å². The number of benzene rings is 1. The maximum Gasteiger partial charge on any atom is 0.159 e. The second-order valence-electron chi connectivity index (χ2n) is 4.27. The molecule has 4 nitrogen and oxygen atoms in total. The lowest BCUT2D eigenvalue weighted by Crippen LogP contribution is -2.13. The molecule has 0 saturated carbocycles. The lowest BCUT2D eigenvalue weighted by molar-refractivity contribution is 0.625. The van der Waals surface area contributed by atoms with Crippen LogP contribution in [0.1, 0.15) is 24.5 Å². The zero-order valence-corrected chi connectivity index (χ0v) is 11.9. The van der Waals surface area contributed by atoms with E-state index in [1.54, 1.807) is 18.5 Å². The lowest BCUT2D eigenvalue weighted by Gasteiger charge is -2.05. The van der Waals surface area contributed by atoms with Crippen molar-refractivity contribution >= 4 is 18.2 Å². The Labute approximate surface area is 123 Å². The van der Waals surface area contributed by atoms with Gasteiger partial charge in [0.15, 0.2) is 5.82 Å². The van der Waals surface area contributed by atoms with Crippen LogP contribution in [-0.2, 0) is 6.42 Å². The van der Waals surface area contributed by atoms with Gasteiger partial charge in [0, 0.05) is 18.0 Å². The van der Waals surface area contributed by atoms with Crippen molar-refractivity contribution < 1.29 is 4.39 Å². The van der Waals surface area contributed by atoms with Crippen LogP contribution in [-0.4, -0.2) is 15.8 Å². The Morgan fingerprint density at radius 2 is 1.95 bits per heavy atom. The van der Waals surface area contributed by atoms with E-state index in [0.29, 0.717) is 11.4 Å². The van der Waals surface area contributed by atoms with Gasteiger partial charge in [0.05, 0.1) is 5.56 Å². The smallest absolute Gasteiger partial charge is 0.159 e. The van der Waals surface area contributed by atoms with E-state index in [4.69, 9.17) is 11.1 Å². The Kier molecular flexibility index (Phi) is 5.58. The van der Waals surface area contributed by atoms with E-state index in [1.807, 2.05) is 0 Å². The number of nitrogen functional groups attached to an aromatic ring is 1. The normalized spacial score (nSPS) is 9.90. The molecule has 0 amide bonds. The first-order valence-corrected chi connectivity index (χ1v) is 6.07. The molecular weight excluding hydrogens is 279 g/mol. The minimum atomic E-state index is -0.536. The molecule has 1 heterocycles. The minimum Gasteiger partial charge on any atom is -0.384 e. The number of rotatable bonds is 4. The van der Waals surface area contributed by atoms with Crippen LogP contribution in [0.3, 0.4) is 0 Å². The summed E-state index contributed by atoms with van der Waals surface area (Å²) in [5.41, 5.74) is 6.99. The topological polar surface area (TPSA) is 75.7 Å². The number of hydrogen-bond acceptors (Lipinski definition) is 3. The SMILES string of the molecule is CCCc1cnc(-c2ccc(C(=N)N)c(F)c2)nc1.Cl. The first-order valence-electron chi connectivity index (χ1n) is 6.07. The summed E-state index contributed by atoms with van der Waals surface area (Å²) in [6, 6.07) is 4.43. The molecule has 20 heavy (non-hydrogen) atoms. The molecule has 2 aromatic rings. The number of hydrogen-bond donors (Lipinski definition) is 2. The third-order valence-electron chi connectivity index (χ3n) is 2.76. The molecule has 2 rings (SSSR count). The predicted octanol–water partition coefficient (Wildman–Crippen LogP) is 2.94. The summed E-state index contributed by atoms with van der Waals surface area (Å²) in [5, 5.41) is 7.23. The van der Waals surface area contributed by atoms with Crippen molar-refractivity contribution in [1.29, 1.82) is 5.41 Å². The van der Waals surface area contributed by atoms with E-state index in [2.05, 4.69) is 16.9 Å². The van der Waals surface area contributed by atoms with Crippen molar-refractivity contribution in [1.82, 2.24) is 9.97 Å². The van der Waals surface area contributed by atoms with Crippen LogP contribution in [0.5, 0.6) is 0 Å². The number of aromatic nitrogens is 2. The Bertz CT molecular complexity index is 599. The van der Waals surface area contributed by atoms with Gasteiger partial charge in [-0.05, 0) is 24.1 Å². The first kappa shape index (κ1) is 16.0. The highest BCUT2D eigenvalue weighted by Gasteiger charge is 2.08. The number of nitrogens with one attached hydrogen (secondary N) is 1. The Morgan fingerprint density at radius 3 is 2.45 bits per heavy atom. The summed E-state index contributed by atoms with van der Waals surface area (Å²) < 4.78 is 13.7. The fourth-order valence-electron chi connectivity index (χ4n) is 1.79. The van der Waals surface area contributed by atoms with Crippen molar-refractivity contribution in [3.63, 3.8) is 0 Å². The van der Waals surface area contributed by atoms with Gasteiger partial charge in [-0.15, -0.1) is 12.4 Å². The number of nitrogens with two attached hydrogens (primary N) is 1. The van der Waals surface area contributed by atoms with Crippen LogP contribution in [0.15, 0.2) is 30.6 Å². The zero-order valence-electron chi connectivity index (χ0n) is 11.1. The second kappa shape index (κ2) is 6.96. The fourth-order valence-corrected chi connectivity index (χ4v) is 1.79. The van der Waals surface area contributed by atoms with Gasteiger partial charge >= 0.3 is 0 Å². The highest BCUT2D eigenvalue weighted by atomic mass is 35.5. The molecular formula is C14H16ClFN4. The second-order valence-corrected chi connectivity index (χ2v) is 4.27. The highest BCUT2D eigenvalue weighted by Crippen LogP contribution is 2.18. The summed E-state index contributed by atoms with van der Waals surface area (Å²) in [5.74, 6) is -0.358. The molecule has 0 saturated heterocycles. The third-order valence-corrected chi connectivity index (χ3v) is 2.76. The maximum absolute atomic E-state index is 13.7. The minimum absolute atomic E-state index is 0. The van der Waals surface area contributed by atoms with Crippen LogP contribution < -0.4 is 5.73 Å². The molecule has 0 spiro atoms. The third kappa shape index (κ3) is 3.51. The molecule has 0 aliphatic carbocycles. The van der Waals surface area contributed by atoms with Gasteiger partial charge < -0.3 is 5.73 Å². The van der Waals surface area contributed by atoms with Crippen molar-refractivity contribution in [2.75, 3.05) is 0 Å². The van der Waals surface area contributed by atoms with E-state index in [-0.39, 0.29) is 23.8 Å². The summed E-state index contributed by atoms with van der Waals surface area (Å²) in [6.07, 6.45) is 5.47. The molecule has 0 radical (unpaired) electrons. The molecule has 1 aromatic heterocycles. The van der Waals surface area contributed by atoms with Gasteiger partial charge in [-0.2, -0.15) is 0 Å². The monoisotopic (exact) mass is 294 g/mol. The van der Waals surface area contributed by atoms with Gasteiger partial charge in [0.1, 0.15) is 11.7 Å². The maximum atomic E-state index is 13.7. The van der Waals surface area contributed by atoms with E-state index in [1.165, 1.54) is 12.1 Å². The van der Waals surface area contributed by atoms with Crippen molar-refractivity contribution in [3.8, 4) is 11.4 Å².